The SMILES string of the molecule is C.C.C.C.C.C.C.C.C.C.C.C.C.C.C.C.C.C.C.C.C.C.C.C.C.C.C.C.C.C.C.C.C.C.C.C.C.C.C.C.C.C.C.[2HH].[2H]N=NN([2H])N([2H])N[2H].[2H]N=NN([2H])N([2H])[2H].[2H]N=NN([2H])[2H].[2H]N[2H].[H-].[K+].[K+].[K+].[K+].[K+].[K+].[K+].[K+].[K+].[N-]=N.[N-]=N[NH-].[NH-]/N=N/[NH-]. The minimum absolute atomic E-state index is 0. The summed E-state index contributed by atoms with van der Waals surface area (Å²) in [6.07, 6.45) is 1.25. The summed E-state index contributed by atoms with van der Waals surface area (Å²) in [6.45, 7) is 0. The van der Waals surface area contributed by atoms with Crippen LogP contribution >= 0.6 is 0 Å². The fraction of sp³-hybridized carbons (Fsp3) is 1.00. The van der Waals surface area contributed by atoms with Crippen LogP contribution in [-0.2, 0) is 0 Å². The van der Waals surface area contributed by atoms with Gasteiger partial charge in [-0.3, -0.25) is 5.84 Å². The molecule has 0 aliphatic carbocycles. The molecule has 74 heavy (non-hydrogen) atoms. The molecule has 31 heteroatoms. The average molecular weight is 1390 g/mol. The molecule has 0 bridgehead atoms. The monoisotopic (exact) mass is 1380 g/mol. The molecule has 0 aromatic carbocycles. The van der Waals surface area contributed by atoms with E-state index in [1.54, 1.807) is 5.22 Å². The summed E-state index contributed by atoms with van der Waals surface area (Å²) in [5.41, 5.74) is 25.4. The molecule has 0 radical (unpaired) electrons. The van der Waals surface area contributed by atoms with E-state index in [0.717, 1.165) is 0 Å². The maximum Gasteiger partial charge on any atom is 1.00 e. The molecule has 0 aliphatic heterocycles. The summed E-state index contributed by atoms with van der Waals surface area (Å²) in [7, 11) is 0. The van der Waals surface area contributed by atoms with Gasteiger partial charge in [0.1, 0.15) is 7.06 Å². The molecular formula is C43H194K9N22+3. The van der Waals surface area contributed by atoms with Crippen LogP contribution < -0.4 is 503 Å². The topological polar surface area (TPSA) is 435 Å². The second kappa shape index (κ2) is 1450. The zero-order valence-electron chi connectivity index (χ0n) is 33.2. The third-order valence-electron chi connectivity index (χ3n) is 0.175. The fourth-order valence-corrected chi connectivity index (χ4v) is 0.0200. The number of hydrogen-bond acceptors (Lipinski definition) is 14. The number of nitrogens with zero attached hydrogens (tertiary/aromatic N) is 8. The molecule has 22 nitrogen and oxygen atoms in total. The van der Waals surface area contributed by atoms with Gasteiger partial charge in [0.25, 0.3) is 0 Å². The average Bonchev–Trinajstić information content (AvgIpc) is 2.82. The molecule has 0 aromatic rings. The number of nitrogens with two attached hydrogens (primary N) is 3. The Morgan fingerprint density at radius 2 is 0.581 bits per heavy atom. The van der Waals surface area contributed by atoms with E-state index in [1.807, 2.05) is 0 Å². The van der Waals surface area contributed by atoms with Crippen molar-refractivity contribution in [2.75, 3.05) is 0 Å². The molecule has 0 atom stereocenters. The standard InChI is InChI=1S/43CH4.9K.H5N5.H4N4.H2N4.H3N3.HN3.HN2.H3N.H2.H/c;;;;;;;;;;;;;;;;;;;;;;;;;;;;;;;;;;;;;;;;;;;;;;;;;;;;1-3-5-4-2;2*1-3-4-2;2*1-3-2;1-2;;;/h43*1H4;;;;;;;;;;(H,3,4)(H4,1,2,5);(H2,1,4)(H2,2,3);(H2-2,1,2,3,4);(H3,1,2);(H-2,1,2);1H;1H3;1H;/q;;;;;;;;;;;;;;;;;;;;;;;;;;;;;;;;;;;;;;;;;;;9*+1;;;-2;;-2;-1;;;-1/i;;;;;;;;;;;;;;;;;;;;;;;;;;;;;;;;;;;;;;;;;;;;;;;;;;;;;;;;;;;1+1;/hD13. The van der Waals surface area contributed by atoms with E-state index in [0.29, 0.717) is 0 Å². The van der Waals surface area contributed by atoms with Crippen molar-refractivity contribution in [1.29, 1.82) is 22.1 Å². The van der Waals surface area contributed by atoms with E-state index in [-0.39, 0.29) is 813 Å². The minimum Gasteiger partial charge on any atom is -1.00 e. The van der Waals surface area contributed by atoms with Gasteiger partial charge < -0.3 is 63.2 Å². The van der Waals surface area contributed by atoms with Crippen molar-refractivity contribution in [1.82, 2.24) is 22.7 Å². The number of rotatable bonds is 6. The quantitative estimate of drug-likeness (QED) is 0.0813. The van der Waals surface area contributed by atoms with Gasteiger partial charge in [-0.1, -0.05) is 335 Å². The fourth-order valence-electron chi connectivity index (χ4n) is 0.0200. The van der Waals surface area contributed by atoms with Gasteiger partial charge >= 0.3 is 462 Å². The van der Waals surface area contributed by atoms with E-state index >= 15 is 0 Å². The van der Waals surface area contributed by atoms with Crippen LogP contribution in [0.25, 0.3) is 28.6 Å². The Labute approximate surface area is 903 Å². The molecule has 0 unspecified atom stereocenters. The first-order chi connectivity index (χ1) is 16.4. The van der Waals surface area contributed by atoms with Crippen LogP contribution in [0.2, 0.25) is 18.4 Å². The van der Waals surface area contributed by atoms with Gasteiger partial charge in [0, 0.05) is 1.43 Å². The van der Waals surface area contributed by atoms with E-state index in [4.69, 9.17) is 52.5 Å². The van der Waals surface area contributed by atoms with E-state index in [9.17, 15) is 0 Å². The first kappa shape index (κ1) is 395. The van der Waals surface area contributed by atoms with Crippen molar-refractivity contribution >= 4 is 0 Å². The Hall–Kier alpha value is 11.0. The number of hydrazine groups is 3. The molecule has 482 valence electrons. The van der Waals surface area contributed by atoms with Crippen LogP contribution in [0.5, 0.6) is 0 Å². The van der Waals surface area contributed by atoms with Gasteiger partial charge in [-0.05, 0) is 0 Å². The van der Waals surface area contributed by atoms with Crippen LogP contribution in [0.4, 0.5) is 0 Å². The molecule has 0 rings (SSSR count). The van der Waals surface area contributed by atoms with Crippen LogP contribution in [-0.4, -0.2) is 0 Å². The van der Waals surface area contributed by atoms with E-state index in [2.05, 4.69) is 42.7 Å². The van der Waals surface area contributed by atoms with Crippen molar-refractivity contribution in [3.8, 4) is 0 Å². The largest absolute Gasteiger partial charge is 1.00 e. The van der Waals surface area contributed by atoms with Crippen molar-refractivity contribution < 1.29 is 484 Å². The van der Waals surface area contributed by atoms with E-state index < -0.39 is 0 Å². The van der Waals surface area contributed by atoms with Crippen molar-refractivity contribution in [2.24, 2.45) is 48.8 Å². The summed E-state index contributed by atoms with van der Waals surface area (Å²) in [6, 6.07) is 0. The predicted molar refractivity (Wildman–Crippen MR) is 365 cm³/mol. The molecular weight excluding hydrogens is 1180 g/mol. The van der Waals surface area contributed by atoms with Crippen molar-refractivity contribution in [2.45, 2.75) is 319 Å². The van der Waals surface area contributed by atoms with Crippen LogP contribution in [0.3, 0.4) is 0 Å². The molecule has 0 saturated heterocycles. The summed E-state index contributed by atoms with van der Waals surface area (Å²) in [4.78, 5) is 0. The first-order valence-corrected chi connectivity index (χ1v) is 3.12. The number of hydrogen-bond donors (Lipinski definition) is 11. The van der Waals surface area contributed by atoms with Crippen molar-refractivity contribution in [3.05, 3.63) is 28.6 Å². The predicted octanol–water partition coefficient (Wildman–Crippen LogP) is 2.03. The van der Waals surface area contributed by atoms with Gasteiger partial charge in [0.2, 0.25) is 7.06 Å². The normalized spacial score (nSPS) is 4.49. The molecule has 0 spiro atoms. The third-order valence-corrected chi connectivity index (χ3v) is 0.175. The summed E-state index contributed by atoms with van der Waals surface area (Å²) >= 11 is 0. The third kappa shape index (κ3) is 2490. The smallest absolute Gasteiger partial charge is 1.00 e. The summed E-state index contributed by atoms with van der Waals surface area (Å²) in [5, 5.41) is 14.3. The molecule has 0 aromatic heterocycles. The zero-order chi connectivity index (χ0) is 29.7. The van der Waals surface area contributed by atoms with E-state index in [1.165, 1.54) is 12.0 Å². The zero-order valence-corrected chi connectivity index (χ0v) is 47.3. The molecule has 0 amide bonds. The summed E-state index contributed by atoms with van der Waals surface area (Å²) in [5.74, 6) is 18.2. The van der Waals surface area contributed by atoms with Gasteiger partial charge in [0.05, 0.1) is 0 Å². The Morgan fingerprint density at radius 3 is 0.635 bits per heavy atom. The van der Waals surface area contributed by atoms with Crippen LogP contribution in [0, 0.1) is 22.1 Å². The van der Waals surface area contributed by atoms with Crippen molar-refractivity contribution in [3.63, 3.8) is 0 Å². The molecule has 0 fully saturated rings. The second-order valence-electron chi connectivity index (χ2n) is 0.847. The van der Waals surface area contributed by atoms with Crippen LogP contribution in [0.15, 0.2) is 31.3 Å². The Morgan fingerprint density at radius 1 is 0.419 bits per heavy atom. The van der Waals surface area contributed by atoms with Gasteiger partial charge in [-0.15, -0.1) is 0 Å². The second-order valence-corrected chi connectivity index (χ2v) is 0.847. The maximum absolute atomic E-state index is 6.86. The minimum atomic E-state index is -0.127. The Balaban J connectivity index is -0.00000000161. The molecule has 0 aliphatic rings. The first-order valence-electron chi connectivity index (χ1n) is 9.09. The molecule has 0 heterocycles. The van der Waals surface area contributed by atoms with Crippen LogP contribution in [0.1, 0.15) is 322 Å². The van der Waals surface area contributed by atoms with Gasteiger partial charge in [-0.2, -0.15) is 22.1 Å². The number of nitrogens with one attached hydrogen (secondary N) is 10. The summed E-state index contributed by atoms with van der Waals surface area (Å²) < 4.78 is 79.9. The maximum atomic E-state index is 6.86. The van der Waals surface area contributed by atoms with Gasteiger partial charge in [0.15, 0.2) is 4.24 Å². The Bertz CT molecular complexity index is 571. The van der Waals surface area contributed by atoms with Gasteiger partial charge in [-0.25, -0.2) is 16.9 Å². The Kier molecular flexibility index (Phi) is 7730. The molecule has 19 N–H and O–H groups in total. The molecule has 0 saturated carbocycles.